The lowest BCUT2D eigenvalue weighted by Gasteiger charge is -2.40. The van der Waals surface area contributed by atoms with E-state index in [9.17, 15) is 9.59 Å². The van der Waals surface area contributed by atoms with Gasteiger partial charge in [-0.3, -0.25) is 14.9 Å². The average molecular weight is 277 g/mol. The number of piperazine rings is 1. The Morgan fingerprint density at radius 3 is 2.85 bits per heavy atom. The van der Waals surface area contributed by atoms with E-state index in [1.54, 1.807) is 24.8 Å². The van der Waals surface area contributed by atoms with Crippen molar-refractivity contribution in [2.45, 2.75) is 32.7 Å². The van der Waals surface area contributed by atoms with Gasteiger partial charge in [0.25, 0.3) is 5.91 Å². The highest BCUT2D eigenvalue weighted by Gasteiger charge is 2.41. The van der Waals surface area contributed by atoms with Gasteiger partial charge in [-0.25, -0.2) is 9.97 Å². The smallest absolute Gasteiger partial charge is 0.251 e. The molecule has 0 atom stereocenters. The van der Waals surface area contributed by atoms with E-state index in [4.69, 9.17) is 0 Å². The van der Waals surface area contributed by atoms with Crippen molar-refractivity contribution in [1.29, 1.82) is 0 Å². The number of nitrogens with one attached hydrogen (secondary N) is 2. The Morgan fingerprint density at radius 1 is 1.40 bits per heavy atom. The van der Waals surface area contributed by atoms with Gasteiger partial charge in [-0.15, -0.1) is 0 Å². The second-order valence-corrected chi connectivity index (χ2v) is 5.21. The lowest BCUT2D eigenvalue weighted by Crippen LogP contribution is -2.64. The molecule has 0 saturated carbocycles. The molecule has 2 rings (SSSR count). The van der Waals surface area contributed by atoms with Crippen LogP contribution in [0.25, 0.3) is 0 Å². The molecule has 2 heterocycles. The van der Waals surface area contributed by atoms with Gasteiger partial charge in [-0.05, 0) is 20.3 Å². The molecule has 7 nitrogen and oxygen atoms in total. The van der Waals surface area contributed by atoms with Crippen LogP contribution in [0.15, 0.2) is 12.4 Å². The molecule has 0 aromatic carbocycles. The van der Waals surface area contributed by atoms with Crippen LogP contribution in [0.4, 0.5) is 11.6 Å². The predicted molar refractivity (Wildman–Crippen MR) is 75.4 cm³/mol. The Morgan fingerprint density at radius 2 is 2.15 bits per heavy atom. The zero-order valence-electron chi connectivity index (χ0n) is 11.9. The van der Waals surface area contributed by atoms with Crippen molar-refractivity contribution in [1.82, 2.24) is 15.3 Å². The van der Waals surface area contributed by atoms with E-state index >= 15 is 0 Å². The molecule has 1 fully saturated rings. The van der Waals surface area contributed by atoms with Crippen LogP contribution in [0.5, 0.6) is 0 Å². The van der Waals surface area contributed by atoms with Gasteiger partial charge in [0.1, 0.15) is 23.5 Å². The van der Waals surface area contributed by atoms with Crippen LogP contribution in [0, 0.1) is 0 Å². The molecule has 0 radical (unpaired) electrons. The lowest BCUT2D eigenvalue weighted by molar-refractivity contribution is -0.135. The van der Waals surface area contributed by atoms with Crippen LogP contribution in [0.3, 0.4) is 0 Å². The molecule has 0 spiro atoms. The largest absolute Gasteiger partial charge is 0.370 e. The molecule has 7 heteroatoms. The quantitative estimate of drug-likeness (QED) is 0.781. The molecule has 1 aromatic heterocycles. The van der Waals surface area contributed by atoms with Crippen molar-refractivity contribution in [2.75, 3.05) is 23.3 Å². The van der Waals surface area contributed by atoms with Crippen molar-refractivity contribution in [2.24, 2.45) is 0 Å². The van der Waals surface area contributed by atoms with Crippen molar-refractivity contribution < 1.29 is 9.59 Å². The topological polar surface area (TPSA) is 87.2 Å². The number of aromatic nitrogens is 2. The summed E-state index contributed by atoms with van der Waals surface area (Å²) >= 11 is 0. The number of anilines is 2. The lowest BCUT2D eigenvalue weighted by atomic mass is 9.99. The fourth-order valence-corrected chi connectivity index (χ4v) is 1.99. The number of amides is 2. The van der Waals surface area contributed by atoms with Gasteiger partial charge in [0, 0.05) is 12.6 Å². The van der Waals surface area contributed by atoms with E-state index in [0.29, 0.717) is 11.6 Å². The maximum absolute atomic E-state index is 11.9. The minimum Gasteiger partial charge on any atom is -0.370 e. The minimum absolute atomic E-state index is 0.100. The van der Waals surface area contributed by atoms with Gasteiger partial charge >= 0.3 is 0 Å². The van der Waals surface area contributed by atoms with Crippen LogP contribution in [0.1, 0.15) is 27.2 Å². The number of nitrogens with zero attached hydrogens (tertiary/aromatic N) is 3. The molecule has 108 valence electrons. The number of imide groups is 1. The SMILES string of the molecule is CCCNc1cc(N2CC(=O)NC(=O)C2(C)C)ncn1. The van der Waals surface area contributed by atoms with Crippen molar-refractivity contribution >= 4 is 23.5 Å². The Hall–Kier alpha value is -2.18. The summed E-state index contributed by atoms with van der Waals surface area (Å²) in [6.45, 7) is 6.49. The summed E-state index contributed by atoms with van der Waals surface area (Å²) < 4.78 is 0. The summed E-state index contributed by atoms with van der Waals surface area (Å²) in [5, 5.41) is 5.50. The second kappa shape index (κ2) is 5.44. The first-order chi connectivity index (χ1) is 9.45. The van der Waals surface area contributed by atoms with Gasteiger partial charge in [-0.2, -0.15) is 0 Å². The minimum atomic E-state index is -0.829. The highest BCUT2D eigenvalue weighted by Crippen LogP contribution is 2.25. The molecule has 0 unspecified atom stereocenters. The third-order valence-corrected chi connectivity index (χ3v) is 3.27. The Balaban J connectivity index is 2.29. The van der Waals surface area contributed by atoms with Gasteiger partial charge in [0.05, 0.1) is 6.54 Å². The summed E-state index contributed by atoms with van der Waals surface area (Å²) in [6, 6.07) is 1.75. The van der Waals surface area contributed by atoms with Crippen LogP contribution in [-0.2, 0) is 9.59 Å². The maximum Gasteiger partial charge on any atom is 0.251 e. The first kappa shape index (κ1) is 14.2. The molecule has 2 N–H and O–H groups in total. The Kier molecular flexibility index (Phi) is 3.87. The summed E-state index contributed by atoms with van der Waals surface area (Å²) in [5.41, 5.74) is -0.829. The molecule has 0 bridgehead atoms. The number of carbonyl (C=O) groups is 2. The molecular weight excluding hydrogens is 258 g/mol. The number of carbonyl (C=O) groups excluding carboxylic acids is 2. The van der Waals surface area contributed by atoms with E-state index < -0.39 is 5.54 Å². The van der Waals surface area contributed by atoms with E-state index in [-0.39, 0.29) is 18.4 Å². The van der Waals surface area contributed by atoms with Gasteiger partial charge < -0.3 is 10.2 Å². The number of hydrogen-bond acceptors (Lipinski definition) is 6. The van der Waals surface area contributed by atoms with Crippen molar-refractivity contribution in [3.8, 4) is 0 Å². The van der Waals surface area contributed by atoms with Gasteiger partial charge in [0.2, 0.25) is 5.91 Å². The fraction of sp³-hybridized carbons (Fsp3) is 0.538. The second-order valence-electron chi connectivity index (χ2n) is 5.21. The predicted octanol–water partition coefficient (Wildman–Crippen LogP) is 0.540. The standard InChI is InChI=1S/C13H19N5O2/c1-4-5-14-9-6-10(16-8-15-9)18-7-11(19)17-12(20)13(18,2)3/h6,8H,4-5,7H2,1-3H3,(H,14,15,16)(H,17,19,20). The molecule has 1 aliphatic heterocycles. The van der Waals surface area contributed by atoms with Crippen LogP contribution < -0.4 is 15.5 Å². The molecular formula is C13H19N5O2. The molecule has 2 amide bonds. The first-order valence-corrected chi connectivity index (χ1v) is 6.63. The molecule has 1 saturated heterocycles. The van der Waals surface area contributed by atoms with Gasteiger partial charge in [0.15, 0.2) is 0 Å². The van der Waals surface area contributed by atoms with Gasteiger partial charge in [-0.1, -0.05) is 6.92 Å². The average Bonchev–Trinajstić information content (AvgIpc) is 2.41. The molecule has 20 heavy (non-hydrogen) atoms. The molecule has 0 aliphatic carbocycles. The summed E-state index contributed by atoms with van der Waals surface area (Å²) in [7, 11) is 0. The molecule has 1 aromatic rings. The fourth-order valence-electron chi connectivity index (χ4n) is 1.99. The normalized spacial score (nSPS) is 17.9. The van der Waals surface area contributed by atoms with E-state index in [0.717, 1.165) is 13.0 Å². The number of hydrogen-bond donors (Lipinski definition) is 2. The van der Waals surface area contributed by atoms with Crippen molar-refractivity contribution in [3.05, 3.63) is 12.4 Å². The van der Waals surface area contributed by atoms with Crippen molar-refractivity contribution in [3.63, 3.8) is 0 Å². The highest BCUT2D eigenvalue weighted by atomic mass is 16.2. The van der Waals surface area contributed by atoms with E-state index in [1.165, 1.54) is 6.33 Å². The van der Waals surface area contributed by atoms with Crippen LogP contribution in [0.2, 0.25) is 0 Å². The van der Waals surface area contributed by atoms with E-state index in [2.05, 4.69) is 27.5 Å². The highest BCUT2D eigenvalue weighted by molar-refractivity contribution is 6.06. The first-order valence-electron chi connectivity index (χ1n) is 6.63. The third-order valence-electron chi connectivity index (χ3n) is 3.27. The summed E-state index contributed by atoms with van der Waals surface area (Å²) in [6.07, 6.45) is 2.41. The van der Waals surface area contributed by atoms with Crippen LogP contribution in [-0.4, -0.2) is 40.4 Å². The zero-order chi connectivity index (χ0) is 14.8. The van der Waals surface area contributed by atoms with Crippen LogP contribution >= 0.6 is 0 Å². The third kappa shape index (κ3) is 2.71. The Labute approximate surface area is 117 Å². The zero-order valence-corrected chi connectivity index (χ0v) is 11.9. The maximum atomic E-state index is 11.9. The van der Waals surface area contributed by atoms with E-state index in [1.807, 2.05) is 0 Å². The molecule has 1 aliphatic rings. The summed E-state index contributed by atoms with van der Waals surface area (Å²) in [5.74, 6) is 0.601. The Bertz CT molecular complexity index is 529. The monoisotopic (exact) mass is 277 g/mol. The summed E-state index contributed by atoms with van der Waals surface area (Å²) in [4.78, 5) is 33.5. The number of rotatable bonds is 4.